The van der Waals surface area contributed by atoms with Gasteiger partial charge in [0.25, 0.3) is 0 Å². The van der Waals surface area contributed by atoms with Gasteiger partial charge >= 0.3 is 0 Å². The lowest BCUT2D eigenvalue weighted by atomic mass is 10.1. The van der Waals surface area contributed by atoms with Gasteiger partial charge in [0.05, 0.1) is 6.54 Å². The second-order valence-electron chi connectivity index (χ2n) is 7.57. The van der Waals surface area contributed by atoms with E-state index in [2.05, 4.69) is 29.3 Å². The van der Waals surface area contributed by atoms with Gasteiger partial charge in [-0.05, 0) is 31.2 Å². The van der Waals surface area contributed by atoms with Gasteiger partial charge in [0.2, 0.25) is 11.8 Å². The van der Waals surface area contributed by atoms with Crippen LogP contribution in [0.5, 0.6) is 0 Å². The highest BCUT2D eigenvalue weighted by molar-refractivity contribution is 5.85. The van der Waals surface area contributed by atoms with Crippen LogP contribution in [0.1, 0.15) is 31.7 Å². The van der Waals surface area contributed by atoms with Gasteiger partial charge in [0.15, 0.2) is 0 Å². The molecule has 2 amide bonds. The van der Waals surface area contributed by atoms with E-state index in [0.29, 0.717) is 19.0 Å². The normalized spacial score (nSPS) is 20.0. The zero-order chi connectivity index (χ0) is 17.7. The highest BCUT2D eigenvalue weighted by atomic mass is 16.2. The molecule has 0 aromatic heterocycles. The number of carbonyl (C=O) groups is 2. The number of nitrogens with zero attached hydrogens (tertiary/aromatic N) is 2. The molecular weight excluding hydrogens is 314 g/mol. The Kier molecular flexibility index (Phi) is 5.74. The first-order valence-corrected chi connectivity index (χ1v) is 9.39. The number of carbonyl (C=O) groups excluding carboxylic acids is 2. The van der Waals surface area contributed by atoms with E-state index in [1.807, 2.05) is 23.1 Å². The van der Waals surface area contributed by atoms with Gasteiger partial charge < -0.3 is 10.2 Å². The molecule has 1 aromatic rings. The first kappa shape index (κ1) is 17.9. The quantitative estimate of drug-likeness (QED) is 0.855. The maximum absolute atomic E-state index is 12.5. The van der Waals surface area contributed by atoms with Gasteiger partial charge in [-0.25, -0.2) is 0 Å². The molecule has 0 radical (unpaired) electrons. The van der Waals surface area contributed by atoms with Crippen molar-refractivity contribution in [2.24, 2.45) is 5.41 Å². The van der Waals surface area contributed by atoms with Crippen LogP contribution in [0.4, 0.5) is 0 Å². The second-order valence-corrected chi connectivity index (χ2v) is 7.57. The third-order valence-corrected chi connectivity index (χ3v) is 5.34. The van der Waals surface area contributed by atoms with Crippen molar-refractivity contribution < 1.29 is 9.59 Å². The molecule has 1 saturated carbocycles. The minimum atomic E-state index is -0.0933. The van der Waals surface area contributed by atoms with E-state index in [9.17, 15) is 9.59 Å². The highest BCUT2D eigenvalue weighted by Crippen LogP contribution is 2.46. The first-order chi connectivity index (χ1) is 12.1. The Hall–Kier alpha value is -1.88. The molecule has 1 N–H and O–H groups in total. The molecule has 25 heavy (non-hydrogen) atoms. The zero-order valence-corrected chi connectivity index (χ0v) is 15.2. The Morgan fingerprint density at radius 3 is 2.56 bits per heavy atom. The van der Waals surface area contributed by atoms with Crippen LogP contribution in [0, 0.1) is 5.41 Å². The molecule has 1 heterocycles. The molecule has 3 rings (SSSR count). The van der Waals surface area contributed by atoms with Crippen LogP contribution in [-0.2, 0) is 16.0 Å². The molecule has 1 aliphatic heterocycles. The molecule has 1 saturated heterocycles. The smallest absolute Gasteiger partial charge is 0.234 e. The number of rotatable bonds is 6. The Bertz CT molecular complexity index is 598. The molecular formula is C20H29N3O2. The van der Waals surface area contributed by atoms with Crippen LogP contribution in [-0.4, -0.2) is 60.9 Å². The Morgan fingerprint density at radius 2 is 1.84 bits per heavy atom. The number of nitrogens with one attached hydrogen (secondary N) is 1. The van der Waals surface area contributed by atoms with Crippen molar-refractivity contribution in [3.05, 3.63) is 35.9 Å². The van der Waals surface area contributed by atoms with Crippen molar-refractivity contribution >= 4 is 11.8 Å². The first-order valence-electron chi connectivity index (χ1n) is 9.39. The summed E-state index contributed by atoms with van der Waals surface area (Å²) in [6.45, 7) is 6.39. The van der Waals surface area contributed by atoms with Crippen LogP contribution in [0.25, 0.3) is 0 Å². The van der Waals surface area contributed by atoms with Crippen molar-refractivity contribution in [1.29, 1.82) is 0 Å². The average molecular weight is 343 g/mol. The van der Waals surface area contributed by atoms with Crippen molar-refractivity contribution in [3.63, 3.8) is 0 Å². The standard InChI is InChI=1S/C20H29N3O2/c1-20(9-10-20)19(25)23-13-5-12-22(14-15-23)16-18(24)21-11-8-17-6-3-2-4-7-17/h2-4,6-7H,5,8-16H2,1H3,(H,21,24). The number of hydrogen-bond donors (Lipinski definition) is 1. The van der Waals surface area contributed by atoms with Crippen molar-refractivity contribution in [2.75, 3.05) is 39.3 Å². The summed E-state index contributed by atoms with van der Waals surface area (Å²) in [5.41, 5.74) is 1.14. The summed E-state index contributed by atoms with van der Waals surface area (Å²) in [5.74, 6) is 0.381. The van der Waals surface area contributed by atoms with Crippen molar-refractivity contribution in [2.45, 2.75) is 32.6 Å². The third-order valence-electron chi connectivity index (χ3n) is 5.34. The van der Waals surface area contributed by atoms with Crippen LogP contribution >= 0.6 is 0 Å². The Labute approximate surface area is 150 Å². The molecule has 0 unspecified atom stereocenters. The van der Waals surface area contributed by atoms with E-state index < -0.39 is 0 Å². The van der Waals surface area contributed by atoms with Crippen LogP contribution in [0.3, 0.4) is 0 Å². The molecule has 1 aromatic carbocycles. The average Bonchev–Trinajstić information content (AvgIpc) is 3.39. The van der Waals surface area contributed by atoms with Gasteiger partial charge in [0.1, 0.15) is 0 Å². The molecule has 0 atom stereocenters. The van der Waals surface area contributed by atoms with E-state index in [0.717, 1.165) is 51.9 Å². The molecule has 5 heteroatoms. The largest absolute Gasteiger partial charge is 0.355 e. The lowest BCUT2D eigenvalue weighted by molar-refractivity contribution is -0.136. The lowest BCUT2D eigenvalue weighted by Gasteiger charge is -2.24. The van der Waals surface area contributed by atoms with Gasteiger partial charge in [-0.1, -0.05) is 37.3 Å². The summed E-state index contributed by atoms with van der Waals surface area (Å²) in [7, 11) is 0. The fraction of sp³-hybridized carbons (Fsp3) is 0.600. The molecule has 5 nitrogen and oxygen atoms in total. The number of hydrogen-bond acceptors (Lipinski definition) is 3. The third kappa shape index (κ3) is 5.05. The second kappa shape index (κ2) is 8.00. The fourth-order valence-corrected chi connectivity index (χ4v) is 3.37. The summed E-state index contributed by atoms with van der Waals surface area (Å²) >= 11 is 0. The van der Waals surface area contributed by atoms with Gasteiger partial charge in [-0.2, -0.15) is 0 Å². The fourth-order valence-electron chi connectivity index (χ4n) is 3.37. The van der Waals surface area contributed by atoms with Gasteiger partial charge in [0, 0.05) is 38.1 Å². The van der Waals surface area contributed by atoms with Gasteiger partial charge in [-0.15, -0.1) is 0 Å². The monoisotopic (exact) mass is 343 g/mol. The van der Waals surface area contributed by atoms with Crippen molar-refractivity contribution in [3.8, 4) is 0 Å². The number of amides is 2. The van der Waals surface area contributed by atoms with Crippen molar-refractivity contribution in [1.82, 2.24) is 15.1 Å². The minimum Gasteiger partial charge on any atom is -0.355 e. The summed E-state index contributed by atoms with van der Waals surface area (Å²) in [4.78, 5) is 28.8. The van der Waals surface area contributed by atoms with E-state index >= 15 is 0 Å². The van der Waals surface area contributed by atoms with Crippen LogP contribution in [0.15, 0.2) is 30.3 Å². The van der Waals surface area contributed by atoms with E-state index in [1.54, 1.807) is 0 Å². The van der Waals surface area contributed by atoms with Crippen LogP contribution in [0.2, 0.25) is 0 Å². The van der Waals surface area contributed by atoms with E-state index in [-0.39, 0.29) is 11.3 Å². The molecule has 2 fully saturated rings. The predicted molar refractivity (Wildman–Crippen MR) is 98.1 cm³/mol. The minimum absolute atomic E-state index is 0.0739. The lowest BCUT2D eigenvalue weighted by Crippen LogP contribution is -2.41. The molecule has 136 valence electrons. The summed E-state index contributed by atoms with van der Waals surface area (Å²) in [6, 6.07) is 10.2. The summed E-state index contributed by atoms with van der Waals surface area (Å²) < 4.78 is 0. The number of benzene rings is 1. The predicted octanol–water partition coefficient (Wildman–Crippen LogP) is 1.68. The molecule has 1 aliphatic carbocycles. The van der Waals surface area contributed by atoms with E-state index in [1.165, 1.54) is 5.56 Å². The zero-order valence-electron chi connectivity index (χ0n) is 15.2. The maximum Gasteiger partial charge on any atom is 0.234 e. The SMILES string of the molecule is CC1(C(=O)N2CCCN(CC(=O)NCCc3ccccc3)CC2)CC1. The van der Waals surface area contributed by atoms with Gasteiger partial charge in [-0.3, -0.25) is 14.5 Å². The molecule has 2 aliphatic rings. The molecule has 0 spiro atoms. The maximum atomic E-state index is 12.5. The highest BCUT2D eigenvalue weighted by Gasteiger charge is 2.47. The Balaban J connectivity index is 1.38. The Morgan fingerprint density at radius 1 is 1.08 bits per heavy atom. The summed E-state index contributed by atoms with van der Waals surface area (Å²) in [5, 5.41) is 3.01. The summed E-state index contributed by atoms with van der Waals surface area (Å²) in [6.07, 6.45) is 3.85. The van der Waals surface area contributed by atoms with Crippen LogP contribution < -0.4 is 5.32 Å². The molecule has 0 bridgehead atoms. The topological polar surface area (TPSA) is 52.7 Å². The van der Waals surface area contributed by atoms with E-state index in [4.69, 9.17) is 0 Å².